The molecule has 3 N–H and O–H groups in total. The molecule has 0 saturated carbocycles. The Kier molecular flexibility index (Phi) is 4.74. The number of carbonyl (C=O) groups is 1. The van der Waals surface area contributed by atoms with Crippen LogP contribution in [0.5, 0.6) is 5.75 Å². The molecule has 0 saturated heterocycles. The third-order valence-corrected chi connectivity index (χ3v) is 2.99. The smallest absolute Gasteiger partial charge is 0.253 e. The molecular weight excluding hydrogens is 254 g/mol. The number of aromatic hydroxyl groups is 1. The molecule has 0 aromatic heterocycles. The van der Waals surface area contributed by atoms with Crippen LogP contribution in [0.3, 0.4) is 0 Å². The molecule has 0 fully saturated rings. The number of aliphatic hydroxyl groups is 1. The highest BCUT2D eigenvalue weighted by Gasteiger charge is 2.15. The molecule has 0 radical (unpaired) electrons. The van der Waals surface area contributed by atoms with Gasteiger partial charge in [0.25, 0.3) is 5.91 Å². The van der Waals surface area contributed by atoms with E-state index in [0.717, 1.165) is 5.56 Å². The molecule has 1 atom stereocenters. The van der Waals surface area contributed by atoms with E-state index >= 15 is 0 Å². The molecule has 0 unspecified atom stereocenters. The van der Waals surface area contributed by atoms with E-state index in [9.17, 15) is 15.0 Å². The summed E-state index contributed by atoms with van der Waals surface area (Å²) in [7, 11) is 0. The van der Waals surface area contributed by atoms with Crippen molar-refractivity contribution in [1.29, 1.82) is 0 Å². The van der Waals surface area contributed by atoms with Gasteiger partial charge in [0, 0.05) is 6.54 Å². The molecule has 2 aromatic carbocycles. The van der Waals surface area contributed by atoms with E-state index in [2.05, 4.69) is 5.32 Å². The third-order valence-electron chi connectivity index (χ3n) is 2.99. The zero-order valence-electron chi connectivity index (χ0n) is 11.0. The van der Waals surface area contributed by atoms with Gasteiger partial charge in [0.2, 0.25) is 0 Å². The van der Waals surface area contributed by atoms with Gasteiger partial charge in [-0.2, -0.15) is 0 Å². The Bertz CT molecular complexity index is 569. The second-order valence-electron chi connectivity index (χ2n) is 4.52. The third kappa shape index (κ3) is 3.83. The van der Waals surface area contributed by atoms with Crippen LogP contribution in [0.25, 0.3) is 0 Å². The van der Waals surface area contributed by atoms with Crippen LogP contribution in [0.4, 0.5) is 0 Å². The fourth-order valence-corrected chi connectivity index (χ4v) is 1.93. The van der Waals surface area contributed by atoms with E-state index in [1.165, 1.54) is 0 Å². The largest absolute Gasteiger partial charge is 0.508 e. The van der Waals surface area contributed by atoms with Crippen molar-refractivity contribution >= 4 is 5.91 Å². The SMILES string of the molecule is O=C(NCCc1cccc(O)c1)[C@H](O)c1ccccc1. The Labute approximate surface area is 117 Å². The molecule has 4 nitrogen and oxygen atoms in total. The number of nitrogens with one attached hydrogen (secondary N) is 1. The lowest BCUT2D eigenvalue weighted by Gasteiger charge is -2.11. The van der Waals surface area contributed by atoms with Crippen LogP contribution in [0, 0.1) is 0 Å². The Morgan fingerprint density at radius 2 is 1.85 bits per heavy atom. The van der Waals surface area contributed by atoms with Crippen LogP contribution in [0.1, 0.15) is 17.2 Å². The van der Waals surface area contributed by atoms with E-state index in [-0.39, 0.29) is 5.75 Å². The molecule has 0 aliphatic carbocycles. The lowest BCUT2D eigenvalue weighted by atomic mass is 10.1. The van der Waals surface area contributed by atoms with Gasteiger partial charge in [0.05, 0.1) is 0 Å². The Balaban J connectivity index is 1.83. The first-order valence-corrected chi connectivity index (χ1v) is 6.45. The van der Waals surface area contributed by atoms with Gasteiger partial charge >= 0.3 is 0 Å². The van der Waals surface area contributed by atoms with Gasteiger partial charge in [-0.05, 0) is 29.7 Å². The molecule has 104 valence electrons. The normalized spacial score (nSPS) is 11.8. The van der Waals surface area contributed by atoms with Crippen LogP contribution in [-0.2, 0) is 11.2 Å². The van der Waals surface area contributed by atoms with Crippen LogP contribution in [-0.4, -0.2) is 22.7 Å². The number of hydrogen-bond acceptors (Lipinski definition) is 3. The molecule has 0 bridgehead atoms. The average Bonchev–Trinajstić information content (AvgIpc) is 2.47. The molecule has 2 rings (SSSR count). The maximum atomic E-state index is 11.8. The fraction of sp³-hybridized carbons (Fsp3) is 0.188. The van der Waals surface area contributed by atoms with Gasteiger partial charge in [-0.3, -0.25) is 4.79 Å². The summed E-state index contributed by atoms with van der Waals surface area (Å²) in [4.78, 5) is 11.8. The average molecular weight is 271 g/mol. The summed E-state index contributed by atoms with van der Waals surface area (Å²) < 4.78 is 0. The van der Waals surface area contributed by atoms with Crippen molar-refractivity contribution in [2.24, 2.45) is 0 Å². The molecule has 0 aliphatic heterocycles. The summed E-state index contributed by atoms with van der Waals surface area (Å²) in [6.07, 6.45) is -0.554. The summed E-state index contributed by atoms with van der Waals surface area (Å²) in [5.74, 6) is -0.213. The van der Waals surface area contributed by atoms with Crippen molar-refractivity contribution in [2.45, 2.75) is 12.5 Å². The number of phenols is 1. The van der Waals surface area contributed by atoms with E-state index in [1.807, 2.05) is 12.1 Å². The summed E-state index contributed by atoms with van der Waals surface area (Å²) >= 11 is 0. The lowest BCUT2D eigenvalue weighted by Crippen LogP contribution is -2.30. The first kappa shape index (κ1) is 14.1. The van der Waals surface area contributed by atoms with E-state index in [1.54, 1.807) is 42.5 Å². The highest BCUT2D eigenvalue weighted by Crippen LogP contribution is 2.13. The lowest BCUT2D eigenvalue weighted by molar-refractivity contribution is -0.129. The number of amides is 1. The van der Waals surface area contributed by atoms with E-state index in [0.29, 0.717) is 18.5 Å². The van der Waals surface area contributed by atoms with Gasteiger partial charge in [0.15, 0.2) is 6.10 Å². The molecule has 20 heavy (non-hydrogen) atoms. The highest BCUT2D eigenvalue weighted by molar-refractivity contribution is 5.81. The molecule has 0 heterocycles. The summed E-state index contributed by atoms with van der Waals surface area (Å²) in [6.45, 7) is 0.409. The minimum Gasteiger partial charge on any atom is -0.508 e. The second-order valence-corrected chi connectivity index (χ2v) is 4.52. The number of hydrogen-bond donors (Lipinski definition) is 3. The van der Waals surface area contributed by atoms with Crippen LogP contribution < -0.4 is 5.32 Å². The molecular formula is C16H17NO3. The minimum absolute atomic E-state index is 0.207. The fourth-order valence-electron chi connectivity index (χ4n) is 1.93. The van der Waals surface area contributed by atoms with Crippen molar-refractivity contribution in [3.05, 3.63) is 65.7 Å². The first-order valence-electron chi connectivity index (χ1n) is 6.45. The molecule has 0 spiro atoms. The van der Waals surface area contributed by atoms with Crippen LogP contribution in [0.15, 0.2) is 54.6 Å². The van der Waals surface area contributed by atoms with Crippen molar-refractivity contribution in [2.75, 3.05) is 6.54 Å². The van der Waals surface area contributed by atoms with Crippen molar-refractivity contribution in [3.8, 4) is 5.75 Å². The molecule has 1 amide bonds. The molecule has 0 aliphatic rings. The summed E-state index contributed by atoms with van der Waals surface area (Å²) in [5, 5.41) is 21.9. The van der Waals surface area contributed by atoms with Crippen molar-refractivity contribution in [3.63, 3.8) is 0 Å². The quantitative estimate of drug-likeness (QED) is 0.776. The molecule has 2 aromatic rings. The monoisotopic (exact) mass is 271 g/mol. The van der Waals surface area contributed by atoms with Gasteiger partial charge in [-0.15, -0.1) is 0 Å². The number of phenolic OH excluding ortho intramolecular Hbond substituents is 1. The maximum absolute atomic E-state index is 11.8. The number of carbonyl (C=O) groups excluding carboxylic acids is 1. The van der Waals surface area contributed by atoms with E-state index < -0.39 is 12.0 Å². The van der Waals surface area contributed by atoms with Gasteiger partial charge < -0.3 is 15.5 Å². The number of benzene rings is 2. The van der Waals surface area contributed by atoms with Gasteiger partial charge in [-0.1, -0.05) is 42.5 Å². The Hall–Kier alpha value is -2.33. The Morgan fingerprint density at radius 3 is 2.55 bits per heavy atom. The predicted molar refractivity (Wildman–Crippen MR) is 76.2 cm³/mol. The predicted octanol–water partition coefficient (Wildman–Crippen LogP) is 1.78. The maximum Gasteiger partial charge on any atom is 0.253 e. The highest BCUT2D eigenvalue weighted by atomic mass is 16.3. The van der Waals surface area contributed by atoms with Crippen molar-refractivity contribution in [1.82, 2.24) is 5.32 Å². The number of rotatable bonds is 5. The van der Waals surface area contributed by atoms with Gasteiger partial charge in [0.1, 0.15) is 5.75 Å². The topological polar surface area (TPSA) is 69.6 Å². The first-order chi connectivity index (χ1) is 9.66. The van der Waals surface area contributed by atoms with Crippen molar-refractivity contribution < 1.29 is 15.0 Å². The second kappa shape index (κ2) is 6.73. The Morgan fingerprint density at radius 1 is 1.10 bits per heavy atom. The van der Waals surface area contributed by atoms with Crippen LogP contribution in [0.2, 0.25) is 0 Å². The summed E-state index contributed by atoms with van der Waals surface area (Å²) in [6, 6.07) is 15.7. The molecule has 4 heteroatoms. The number of aliphatic hydroxyl groups excluding tert-OH is 1. The van der Waals surface area contributed by atoms with Gasteiger partial charge in [-0.25, -0.2) is 0 Å². The summed E-state index contributed by atoms with van der Waals surface area (Å²) in [5.41, 5.74) is 1.50. The van der Waals surface area contributed by atoms with Crippen LogP contribution >= 0.6 is 0 Å². The zero-order valence-corrected chi connectivity index (χ0v) is 11.0. The zero-order chi connectivity index (χ0) is 14.4. The standard InChI is InChI=1S/C16H17NO3/c18-14-8-4-5-12(11-14)9-10-17-16(20)15(19)13-6-2-1-3-7-13/h1-8,11,15,18-19H,9-10H2,(H,17,20)/t15-/m1/s1. The minimum atomic E-state index is -1.15. The van der Waals surface area contributed by atoms with E-state index in [4.69, 9.17) is 0 Å².